The van der Waals surface area contributed by atoms with Crippen molar-refractivity contribution >= 4 is 46.9 Å². The summed E-state index contributed by atoms with van der Waals surface area (Å²) in [7, 11) is 0. The van der Waals surface area contributed by atoms with Crippen LogP contribution in [0.1, 0.15) is 12.7 Å². The Bertz CT molecular complexity index is 625. The molecule has 0 spiro atoms. The molecule has 1 heterocycles. The highest BCUT2D eigenvalue weighted by molar-refractivity contribution is 7.99. The van der Waals surface area contributed by atoms with Gasteiger partial charge in [-0.25, -0.2) is 0 Å². The van der Waals surface area contributed by atoms with E-state index in [1.54, 1.807) is 6.21 Å². The van der Waals surface area contributed by atoms with Crippen LogP contribution in [-0.4, -0.2) is 17.9 Å². The number of hydrazone groups is 1. The van der Waals surface area contributed by atoms with Crippen molar-refractivity contribution in [3.8, 4) is 0 Å². The van der Waals surface area contributed by atoms with Crippen LogP contribution in [-0.2, 0) is 0 Å². The summed E-state index contributed by atoms with van der Waals surface area (Å²) in [6.45, 7) is 2.72. The molecule has 0 unspecified atom stereocenters. The van der Waals surface area contributed by atoms with Crippen molar-refractivity contribution in [3.63, 3.8) is 0 Å². The Morgan fingerprint density at radius 1 is 1.33 bits per heavy atom. The topological polar surface area (TPSA) is 49.6 Å². The van der Waals surface area contributed by atoms with Gasteiger partial charge in [0.05, 0.1) is 6.21 Å². The van der Waals surface area contributed by atoms with Gasteiger partial charge in [0.15, 0.2) is 10.2 Å². The maximum absolute atomic E-state index is 5.85. The third kappa shape index (κ3) is 5.41. The van der Waals surface area contributed by atoms with E-state index < -0.39 is 0 Å². The van der Waals surface area contributed by atoms with Crippen molar-refractivity contribution in [1.82, 2.24) is 10.7 Å². The number of halogens is 1. The Morgan fingerprint density at radius 3 is 2.81 bits per heavy atom. The Kier molecular flexibility index (Phi) is 6.10. The quantitative estimate of drug-likeness (QED) is 0.491. The SMILES string of the molecule is CCNC(=S)NN=Cc1ccc(Sc2ccc(Cl)cc2)o1. The zero-order valence-corrected chi connectivity index (χ0v) is 13.7. The molecule has 1 aromatic carbocycles. The number of benzene rings is 1. The van der Waals surface area contributed by atoms with Gasteiger partial charge < -0.3 is 9.73 Å². The van der Waals surface area contributed by atoms with Crippen LogP contribution in [0.5, 0.6) is 0 Å². The Balaban J connectivity index is 1.90. The molecular formula is C14H14ClN3OS2. The molecule has 0 bridgehead atoms. The average molecular weight is 340 g/mol. The first-order valence-corrected chi connectivity index (χ1v) is 7.88. The van der Waals surface area contributed by atoms with Crippen molar-refractivity contribution in [2.75, 3.05) is 6.54 Å². The van der Waals surface area contributed by atoms with Gasteiger partial charge in [-0.1, -0.05) is 23.4 Å². The molecule has 4 nitrogen and oxygen atoms in total. The van der Waals surface area contributed by atoms with Crippen molar-refractivity contribution in [1.29, 1.82) is 0 Å². The summed E-state index contributed by atoms with van der Waals surface area (Å²) in [6, 6.07) is 11.3. The highest BCUT2D eigenvalue weighted by atomic mass is 35.5. The molecule has 0 saturated heterocycles. The van der Waals surface area contributed by atoms with E-state index in [1.807, 2.05) is 43.3 Å². The van der Waals surface area contributed by atoms with E-state index in [0.29, 0.717) is 15.9 Å². The molecule has 21 heavy (non-hydrogen) atoms. The van der Waals surface area contributed by atoms with Crippen molar-refractivity contribution < 1.29 is 4.42 Å². The molecule has 7 heteroatoms. The van der Waals surface area contributed by atoms with Crippen LogP contribution in [0, 0.1) is 0 Å². The fourth-order valence-electron chi connectivity index (χ4n) is 1.43. The van der Waals surface area contributed by atoms with Gasteiger partial charge in [-0.05, 0) is 55.5 Å². The second-order valence-electron chi connectivity index (χ2n) is 3.94. The second kappa shape index (κ2) is 8.07. The van der Waals surface area contributed by atoms with Gasteiger partial charge in [0.2, 0.25) is 0 Å². The number of nitrogens with one attached hydrogen (secondary N) is 2. The molecule has 2 aromatic rings. The molecule has 2 N–H and O–H groups in total. The van der Waals surface area contributed by atoms with Crippen LogP contribution in [0.25, 0.3) is 0 Å². The van der Waals surface area contributed by atoms with Crippen LogP contribution in [0.2, 0.25) is 5.02 Å². The number of hydrogen-bond acceptors (Lipinski definition) is 4. The van der Waals surface area contributed by atoms with E-state index in [-0.39, 0.29) is 0 Å². The van der Waals surface area contributed by atoms with Gasteiger partial charge in [-0.3, -0.25) is 5.43 Å². The van der Waals surface area contributed by atoms with Crippen molar-refractivity contribution in [2.45, 2.75) is 16.9 Å². The summed E-state index contributed by atoms with van der Waals surface area (Å²) >= 11 is 12.4. The summed E-state index contributed by atoms with van der Waals surface area (Å²) in [5.74, 6) is 0.651. The summed E-state index contributed by atoms with van der Waals surface area (Å²) < 4.78 is 5.64. The van der Waals surface area contributed by atoms with E-state index in [0.717, 1.165) is 16.5 Å². The molecule has 0 saturated carbocycles. The van der Waals surface area contributed by atoms with Gasteiger partial charge in [0.1, 0.15) is 5.76 Å². The smallest absolute Gasteiger partial charge is 0.186 e. The zero-order valence-electron chi connectivity index (χ0n) is 11.3. The third-order valence-electron chi connectivity index (χ3n) is 2.33. The molecule has 0 fully saturated rings. The largest absolute Gasteiger partial charge is 0.448 e. The lowest BCUT2D eigenvalue weighted by molar-refractivity contribution is 0.469. The minimum Gasteiger partial charge on any atom is -0.448 e. The maximum atomic E-state index is 5.85. The predicted molar refractivity (Wildman–Crippen MR) is 91.3 cm³/mol. The number of hydrogen-bond donors (Lipinski definition) is 2. The Morgan fingerprint density at radius 2 is 2.10 bits per heavy atom. The number of furan rings is 1. The van der Waals surface area contributed by atoms with Crippen LogP contribution in [0.15, 0.2) is 55.9 Å². The fourth-order valence-corrected chi connectivity index (χ4v) is 2.53. The lowest BCUT2D eigenvalue weighted by Gasteiger charge is -2.01. The van der Waals surface area contributed by atoms with E-state index in [2.05, 4.69) is 15.8 Å². The highest BCUT2D eigenvalue weighted by Gasteiger charge is 2.03. The standard InChI is InChI=1S/C14H14ClN3OS2/c1-2-16-14(20)18-17-9-11-5-8-13(19-11)21-12-6-3-10(15)4-7-12/h3-9H,2H2,1H3,(H2,16,18,20). The second-order valence-corrected chi connectivity index (χ2v) is 5.86. The van der Waals surface area contributed by atoms with E-state index in [9.17, 15) is 0 Å². The lowest BCUT2D eigenvalue weighted by Crippen LogP contribution is -2.31. The summed E-state index contributed by atoms with van der Waals surface area (Å²) in [5.41, 5.74) is 2.71. The van der Waals surface area contributed by atoms with Crippen LogP contribution in [0.3, 0.4) is 0 Å². The third-order valence-corrected chi connectivity index (χ3v) is 3.75. The molecule has 0 radical (unpaired) electrons. The van der Waals surface area contributed by atoms with Crippen molar-refractivity contribution in [3.05, 3.63) is 47.2 Å². The van der Waals surface area contributed by atoms with Gasteiger partial charge in [-0.2, -0.15) is 5.10 Å². The lowest BCUT2D eigenvalue weighted by atomic mass is 10.4. The van der Waals surface area contributed by atoms with Gasteiger partial charge in [0, 0.05) is 16.5 Å². The Labute approximate surface area is 137 Å². The first kappa shape index (κ1) is 15.9. The monoisotopic (exact) mass is 339 g/mol. The minimum absolute atomic E-state index is 0.482. The molecule has 0 aliphatic rings. The molecule has 110 valence electrons. The maximum Gasteiger partial charge on any atom is 0.186 e. The van der Waals surface area contributed by atoms with E-state index >= 15 is 0 Å². The van der Waals surface area contributed by atoms with Gasteiger partial charge in [0.25, 0.3) is 0 Å². The average Bonchev–Trinajstić information content (AvgIpc) is 2.89. The molecule has 2 rings (SSSR count). The van der Waals surface area contributed by atoms with Crippen LogP contribution in [0.4, 0.5) is 0 Å². The molecular weight excluding hydrogens is 326 g/mol. The molecule has 0 aliphatic carbocycles. The van der Waals surface area contributed by atoms with Crippen LogP contribution < -0.4 is 10.7 Å². The Hall–Kier alpha value is -1.50. The predicted octanol–water partition coefficient (Wildman–Crippen LogP) is 3.90. The van der Waals surface area contributed by atoms with Crippen LogP contribution >= 0.6 is 35.6 Å². The molecule has 0 atom stereocenters. The zero-order chi connectivity index (χ0) is 15.1. The molecule has 0 amide bonds. The fraction of sp³-hybridized carbons (Fsp3) is 0.143. The first-order valence-electron chi connectivity index (χ1n) is 6.27. The van der Waals surface area contributed by atoms with Crippen molar-refractivity contribution in [2.24, 2.45) is 5.10 Å². The van der Waals surface area contributed by atoms with Gasteiger partial charge >= 0.3 is 0 Å². The minimum atomic E-state index is 0.482. The van der Waals surface area contributed by atoms with E-state index in [4.69, 9.17) is 28.2 Å². The number of thiocarbonyl (C=S) groups is 1. The molecule has 0 aliphatic heterocycles. The summed E-state index contributed by atoms with van der Waals surface area (Å²) in [4.78, 5) is 1.06. The van der Waals surface area contributed by atoms with E-state index in [1.165, 1.54) is 11.8 Å². The normalized spacial score (nSPS) is 10.8. The number of nitrogens with zero attached hydrogens (tertiary/aromatic N) is 1. The molecule has 1 aromatic heterocycles. The van der Waals surface area contributed by atoms with Gasteiger partial charge in [-0.15, -0.1) is 0 Å². The highest BCUT2D eigenvalue weighted by Crippen LogP contribution is 2.29. The first-order chi connectivity index (χ1) is 10.2. The summed E-state index contributed by atoms with van der Waals surface area (Å²) in [5, 5.41) is 8.91. The summed E-state index contributed by atoms with van der Waals surface area (Å²) in [6.07, 6.45) is 1.58. The number of rotatable bonds is 5.